The molecule has 0 saturated carbocycles. The van der Waals surface area contributed by atoms with Gasteiger partial charge in [-0.2, -0.15) is 0 Å². The van der Waals surface area contributed by atoms with E-state index < -0.39 is 8.07 Å². The summed E-state index contributed by atoms with van der Waals surface area (Å²) in [7, 11) is -2.88. The van der Waals surface area contributed by atoms with Crippen LogP contribution in [0.1, 0.15) is 0 Å². The molecule has 0 atom stereocenters. The third-order valence-corrected chi connectivity index (χ3v) is 19.3. The number of benzene rings is 9. The van der Waals surface area contributed by atoms with Gasteiger partial charge in [0, 0.05) is 54.7 Å². The van der Waals surface area contributed by atoms with Crippen molar-refractivity contribution in [1.29, 1.82) is 0 Å². The zero-order valence-corrected chi connectivity index (χ0v) is 35.6. The van der Waals surface area contributed by atoms with Crippen LogP contribution in [0.15, 0.2) is 231 Å². The third-order valence-electron chi connectivity index (χ3n) is 13.2. The molecule has 290 valence electrons. The van der Waals surface area contributed by atoms with Crippen molar-refractivity contribution >= 4 is 124 Å². The van der Waals surface area contributed by atoms with E-state index in [2.05, 4.69) is 245 Å². The lowest BCUT2D eigenvalue weighted by atomic mass is 9.36. The van der Waals surface area contributed by atoms with E-state index >= 15 is 0 Å². The maximum Gasteiger partial charge on any atom is 0.264 e. The van der Waals surface area contributed by atoms with Crippen LogP contribution in [0, 0.1) is 0 Å². The largest absolute Gasteiger partial charge is 0.312 e. The molecule has 3 nitrogen and oxygen atoms in total. The fourth-order valence-corrected chi connectivity index (χ4v) is 17.3. The summed E-state index contributed by atoms with van der Waals surface area (Å²) in [6.45, 7) is 0.0121. The fourth-order valence-electron chi connectivity index (χ4n) is 10.9. The number of anilines is 9. The molecule has 3 aliphatic rings. The van der Waals surface area contributed by atoms with Gasteiger partial charge >= 0.3 is 0 Å². The van der Waals surface area contributed by atoms with E-state index in [4.69, 9.17) is 0 Å². The minimum Gasteiger partial charge on any atom is -0.312 e. The standard InChI is InChI=1S/C56H38BN3SSi/c1-6-21-39(22-7-1)58(40-23-8-2-9-24-40)42-37-48-53-49(38-42)60-47-33-17-19-35-51(47)62(43-27-12-4-13-28-43,44-29-14-5-15-30-44)52-36-20-32-46(55(52)60)57(53)56-54(45-31-16-18-34-50(45)61-56)59(48)41-25-10-3-11-26-41/h1-38H. The van der Waals surface area contributed by atoms with Crippen LogP contribution in [0.5, 0.6) is 0 Å². The molecule has 9 aromatic carbocycles. The van der Waals surface area contributed by atoms with E-state index in [9.17, 15) is 0 Å². The zero-order valence-electron chi connectivity index (χ0n) is 33.8. The van der Waals surface area contributed by atoms with Gasteiger partial charge in [-0.05, 0) is 92.3 Å². The van der Waals surface area contributed by atoms with Crippen molar-refractivity contribution in [3.8, 4) is 0 Å². The summed E-state index contributed by atoms with van der Waals surface area (Å²) in [5, 5.41) is 6.91. The zero-order chi connectivity index (χ0) is 40.8. The second kappa shape index (κ2) is 13.8. The normalized spacial score (nSPS) is 13.8. The molecule has 3 aliphatic heterocycles. The van der Waals surface area contributed by atoms with Gasteiger partial charge in [-0.25, -0.2) is 0 Å². The van der Waals surface area contributed by atoms with Crippen LogP contribution in [-0.2, 0) is 0 Å². The number of fused-ring (bicyclic) bond motifs is 8. The van der Waals surface area contributed by atoms with Gasteiger partial charge in [-0.15, -0.1) is 11.3 Å². The van der Waals surface area contributed by atoms with Crippen molar-refractivity contribution in [2.45, 2.75) is 0 Å². The highest BCUT2D eigenvalue weighted by Crippen LogP contribution is 2.51. The van der Waals surface area contributed by atoms with Crippen LogP contribution in [0.3, 0.4) is 0 Å². The predicted molar refractivity (Wildman–Crippen MR) is 268 cm³/mol. The number of para-hydroxylation sites is 5. The Morgan fingerprint density at radius 2 is 0.952 bits per heavy atom. The molecule has 62 heavy (non-hydrogen) atoms. The fraction of sp³-hybridized carbons (Fsp3) is 0. The first-order chi connectivity index (χ1) is 30.8. The Labute approximate surface area is 367 Å². The van der Waals surface area contributed by atoms with Crippen LogP contribution in [0.4, 0.5) is 51.2 Å². The van der Waals surface area contributed by atoms with Crippen molar-refractivity contribution < 1.29 is 0 Å². The Kier molecular flexibility index (Phi) is 7.89. The lowest BCUT2D eigenvalue weighted by Gasteiger charge is -2.50. The van der Waals surface area contributed by atoms with Crippen molar-refractivity contribution in [3.05, 3.63) is 231 Å². The first kappa shape index (κ1) is 35.4. The predicted octanol–water partition coefficient (Wildman–Crippen LogP) is 10.1. The summed E-state index contributed by atoms with van der Waals surface area (Å²) in [6, 6.07) is 86.0. The Bertz CT molecular complexity index is 3250. The second-order valence-electron chi connectivity index (χ2n) is 16.4. The first-order valence-corrected chi connectivity index (χ1v) is 24.2. The molecule has 0 N–H and O–H groups in total. The topological polar surface area (TPSA) is 9.72 Å². The average molecular weight is 824 g/mol. The number of rotatable bonds is 6. The van der Waals surface area contributed by atoms with Crippen molar-refractivity contribution in [2.75, 3.05) is 14.7 Å². The molecule has 0 spiro atoms. The molecule has 0 saturated heterocycles. The molecule has 0 fully saturated rings. The molecule has 6 heteroatoms. The minimum absolute atomic E-state index is 0.0121. The van der Waals surface area contributed by atoms with E-state index in [0.29, 0.717) is 0 Å². The van der Waals surface area contributed by atoms with E-state index in [1.54, 1.807) is 0 Å². The number of hydrogen-bond donors (Lipinski definition) is 0. The Balaban J connectivity index is 1.21. The Hall–Kier alpha value is -7.38. The van der Waals surface area contributed by atoms with Crippen LogP contribution < -0.4 is 51.1 Å². The molecule has 0 unspecified atom stereocenters. The molecule has 0 aliphatic carbocycles. The van der Waals surface area contributed by atoms with E-state index in [1.165, 1.54) is 75.0 Å². The summed E-state index contributed by atoms with van der Waals surface area (Å²) < 4.78 is 2.69. The lowest BCUT2D eigenvalue weighted by molar-refractivity contribution is 1.23. The Morgan fingerprint density at radius 1 is 0.419 bits per heavy atom. The highest BCUT2D eigenvalue weighted by Gasteiger charge is 2.54. The molecule has 13 rings (SSSR count). The smallest absolute Gasteiger partial charge is 0.264 e. The monoisotopic (exact) mass is 823 g/mol. The highest BCUT2D eigenvalue weighted by molar-refractivity contribution is 7.34. The van der Waals surface area contributed by atoms with E-state index in [-0.39, 0.29) is 6.71 Å². The number of hydrogen-bond acceptors (Lipinski definition) is 4. The molecular weight excluding hydrogens is 786 g/mol. The summed E-state index contributed by atoms with van der Waals surface area (Å²) >= 11 is 1.96. The maximum atomic E-state index is 2.66. The first-order valence-electron chi connectivity index (χ1n) is 21.4. The molecule has 0 radical (unpaired) electrons. The quantitative estimate of drug-likeness (QED) is 0.155. The molecule has 10 aromatic rings. The molecule has 4 heterocycles. The summed E-state index contributed by atoms with van der Waals surface area (Å²) in [4.78, 5) is 7.66. The van der Waals surface area contributed by atoms with Crippen LogP contribution in [0.2, 0.25) is 0 Å². The molecule has 0 amide bonds. The summed E-state index contributed by atoms with van der Waals surface area (Å²) in [5.41, 5.74) is 13.5. The lowest BCUT2D eigenvalue weighted by Crippen LogP contribution is -2.78. The van der Waals surface area contributed by atoms with Gasteiger partial charge in [0.25, 0.3) is 6.71 Å². The van der Waals surface area contributed by atoms with Gasteiger partial charge in [0.05, 0.1) is 11.4 Å². The Morgan fingerprint density at radius 3 is 1.61 bits per heavy atom. The van der Waals surface area contributed by atoms with Crippen molar-refractivity contribution in [2.24, 2.45) is 0 Å². The summed E-state index contributed by atoms with van der Waals surface area (Å²) in [6.07, 6.45) is 0. The van der Waals surface area contributed by atoms with Crippen LogP contribution in [-0.4, -0.2) is 14.8 Å². The molecule has 0 bridgehead atoms. The van der Waals surface area contributed by atoms with Crippen LogP contribution >= 0.6 is 11.3 Å². The average Bonchev–Trinajstić information content (AvgIpc) is 3.73. The van der Waals surface area contributed by atoms with Crippen molar-refractivity contribution in [1.82, 2.24) is 0 Å². The van der Waals surface area contributed by atoms with Gasteiger partial charge < -0.3 is 14.7 Å². The summed E-state index contributed by atoms with van der Waals surface area (Å²) in [5.74, 6) is 0. The highest BCUT2D eigenvalue weighted by atomic mass is 32.1. The van der Waals surface area contributed by atoms with E-state index in [0.717, 1.165) is 22.7 Å². The second-order valence-corrected chi connectivity index (χ2v) is 21.2. The van der Waals surface area contributed by atoms with E-state index in [1.807, 2.05) is 11.3 Å². The van der Waals surface area contributed by atoms with Gasteiger partial charge in [0.1, 0.15) is 0 Å². The van der Waals surface area contributed by atoms with Crippen molar-refractivity contribution in [3.63, 3.8) is 0 Å². The third kappa shape index (κ3) is 4.93. The van der Waals surface area contributed by atoms with Gasteiger partial charge in [0.2, 0.25) is 0 Å². The number of thiophene rings is 1. The van der Waals surface area contributed by atoms with Gasteiger partial charge in [-0.3, -0.25) is 0 Å². The van der Waals surface area contributed by atoms with Crippen LogP contribution in [0.25, 0.3) is 10.1 Å². The maximum absolute atomic E-state index is 2.88. The molecular formula is C56H38BN3SSi. The minimum atomic E-state index is -2.88. The van der Waals surface area contributed by atoms with Gasteiger partial charge in [0.15, 0.2) is 8.07 Å². The molecule has 1 aromatic heterocycles. The van der Waals surface area contributed by atoms with Gasteiger partial charge in [-0.1, -0.05) is 170 Å². The SMILES string of the molecule is c1ccc(N(c2ccccc2)c2cc3c4c(c2)N(c2ccccc2)c2c(sc5ccccc25)B4c2cccc4c2N3c2ccccc2[Si]4(c2ccccc2)c2ccccc2)cc1. The number of nitrogens with zero attached hydrogens (tertiary/aromatic N) is 3.